The van der Waals surface area contributed by atoms with Gasteiger partial charge in [0.2, 0.25) is 0 Å². The van der Waals surface area contributed by atoms with Crippen LogP contribution in [0.5, 0.6) is 0 Å². The van der Waals surface area contributed by atoms with E-state index in [9.17, 15) is 0 Å². The van der Waals surface area contributed by atoms with Gasteiger partial charge in [0.25, 0.3) is 0 Å². The summed E-state index contributed by atoms with van der Waals surface area (Å²) in [5, 5.41) is 3.37. The van der Waals surface area contributed by atoms with Crippen LogP contribution in [0.25, 0.3) is 0 Å². The average Bonchev–Trinajstić information content (AvgIpc) is 3.21. The SMILES string of the molecule is Cc1nc(CN2CCC[C@@H]2c2nc3c(n2C)CCCC3)cs1. The van der Waals surface area contributed by atoms with Crippen LogP contribution in [0.4, 0.5) is 0 Å². The third kappa shape index (κ3) is 2.50. The molecule has 0 radical (unpaired) electrons. The van der Waals surface area contributed by atoms with E-state index in [2.05, 4.69) is 33.8 Å². The van der Waals surface area contributed by atoms with E-state index in [4.69, 9.17) is 4.98 Å². The number of rotatable bonds is 3. The molecule has 5 heteroatoms. The molecule has 0 saturated carbocycles. The Kier molecular flexibility index (Phi) is 3.78. The third-order valence-electron chi connectivity index (χ3n) is 5.10. The molecule has 118 valence electrons. The van der Waals surface area contributed by atoms with E-state index in [0.29, 0.717) is 6.04 Å². The summed E-state index contributed by atoms with van der Waals surface area (Å²) in [5.41, 5.74) is 4.06. The van der Waals surface area contributed by atoms with Gasteiger partial charge in [0, 0.05) is 24.7 Å². The molecule has 0 amide bonds. The minimum absolute atomic E-state index is 0.470. The Morgan fingerprint density at radius 1 is 1.23 bits per heavy atom. The van der Waals surface area contributed by atoms with E-state index < -0.39 is 0 Å². The number of hydrogen-bond donors (Lipinski definition) is 0. The Labute approximate surface area is 136 Å². The molecule has 22 heavy (non-hydrogen) atoms. The highest BCUT2D eigenvalue weighted by Gasteiger charge is 2.31. The lowest BCUT2D eigenvalue weighted by molar-refractivity contribution is 0.234. The van der Waals surface area contributed by atoms with Crippen LogP contribution in [-0.2, 0) is 26.4 Å². The zero-order chi connectivity index (χ0) is 15.1. The smallest absolute Gasteiger partial charge is 0.126 e. The van der Waals surface area contributed by atoms with Crippen molar-refractivity contribution in [2.75, 3.05) is 6.54 Å². The summed E-state index contributed by atoms with van der Waals surface area (Å²) in [6.45, 7) is 4.22. The zero-order valence-corrected chi connectivity index (χ0v) is 14.3. The van der Waals surface area contributed by atoms with E-state index in [1.807, 2.05) is 0 Å². The highest BCUT2D eigenvalue weighted by molar-refractivity contribution is 7.09. The predicted molar refractivity (Wildman–Crippen MR) is 89.1 cm³/mol. The molecule has 4 nitrogen and oxygen atoms in total. The Hall–Kier alpha value is -1.20. The molecular formula is C17H24N4S. The van der Waals surface area contributed by atoms with E-state index in [1.165, 1.54) is 73.0 Å². The van der Waals surface area contributed by atoms with Crippen LogP contribution in [0.15, 0.2) is 5.38 Å². The molecule has 1 fully saturated rings. The molecule has 0 unspecified atom stereocenters. The van der Waals surface area contributed by atoms with Crippen LogP contribution in [-0.4, -0.2) is 26.0 Å². The maximum atomic E-state index is 5.03. The summed E-state index contributed by atoms with van der Waals surface area (Å²) in [6.07, 6.45) is 7.49. The van der Waals surface area contributed by atoms with Crippen molar-refractivity contribution in [2.45, 2.75) is 58.0 Å². The summed E-state index contributed by atoms with van der Waals surface area (Å²) in [7, 11) is 2.22. The first-order chi connectivity index (χ1) is 10.7. The average molecular weight is 316 g/mol. The van der Waals surface area contributed by atoms with Crippen LogP contribution in [0.3, 0.4) is 0 Å². The molecule has 0 aromatic carbocycles. The first-order valence-electron chi connectivity index (χ1n) is 8.42. The molecule has 2 aromatic rings. The monoisotopic (exact) mass is 316 g/mol. The van der Waals surface area contributed by atoms with Gasteiger partial charge in [0.05, 0.1) is 22.4 Å². The molecule has 0 N–H and O–H groups in total. The fraction of sp³-hybridized carbons (Fsp3) is 0.647. The van der Waals surface area contributed by atoms with Crippen LogP contribution in [0.1, 0.15) is 59.6 Å². The second kappa shape index (κ2) is 5.78. The Bertz CT molecular complexity index is 672. The number of aromatic nitrogens is 3. The molecule has 2 aliphatic rings. The van der Waals surface area contributed by atoms with Gasteiger partial charge in [-0.15, -0.1) is 11.3 Å². The second-order valence-corrected chi connectivity index (χ2v) is 7.68. The normalized spacial score (nSPS) is 22.2. The van der Waals surface area contributed by atoms with Crippen molar-refractivity contribution >= 4 is 11.3 Å². The fourth-order valence-electron chi connectivity index (χ4n) is 4.00. The second-order valence-electron chi connectivity index (χ2n) is 6.62. The number of imidazole rings is 1. The molecule has 1 aliphatic heterocycles. The lowest BCUT2D eigenvalue weighted by Gasteiger charge is -2.23. The van der Waals surface area contributed by atoms with Crippen LogP contribution in [0.2, 0.25) is 0 Å². The predicted octanol–water partition coefficient (Wildman–Crippen LogP) is 3.40. The molecule has 3 heterocycles. The largest absolute Gasteiger partial charge is 0.334 e. The van der Waals surface area contributed by atoms with Crippen molar-refractivity contribution in [1.29, 1.82) is 0 Å². The van der Waals surface area contributed by atoms with Crippen molar-refractivity contribution < 1.29 is 0 Å². The third-order valence-corrected chi connectivity index (χ3v) is 5.92. The van der Waals surface area contributed by atoms with Crippen molar-refractivity contribution in [3.8, 4) is 0 Å². The summed E-state index contributed by atoms with van der Waals surface area (Å²) in [6, 6.07) is 0.470. The lowest BCUT2D eigenvalue weighted by Crippen LogP contribution is -2.25. The van der Waals surface area contributed by atoms with Gasteiger partial charge in [0.1, 0.15) is 5.82 Å². The number of likely N-dealkylation sites (tertiary alicyclic amines) is 1. The van der Waals surface area contributed by atoms with Gasteiger partial charge in [-0.3, -0.25) is 4.90 Å². The fourth-order valence-corrected chi connectivity index (χ4v) is 4.61. The van der Waals surface area contributed by atoms with Gasteiger partial charge < -0.3 is 4.57 Å². The highest BCUT2D eigenvalue weighted by Crippen LogP contribution is 2.34. The number of nitrogens with zero attached hydrogens (tertiary/aromatic N) is 4. The van der Waals surface area contributed by atoms with Crippen LogP contribution >= 0.6 is 11.3 Å². The molecule has 2 aromatic heterocycles. The van der Waals surface area contributed by atoms with Gasteiger partial charge >= 0.3 is 0 Å². The maximum absolute atomic E-state index is 5.03. The lowest BCUT2D eigenvalue weighted by atomic mass is 10.0. The molecule has 0 spiro atoms. The van der Waals surface area contributed by atoms with Gasteiger partial charge in [-0.1, -0.05) is 0 Å². The quantitative estimate of drug-likeness (QED) is 0.870. The molecule has 4 rings (SSSR count). The minimum Gasteiger partial charge on any atom is -0.334 e. The summed E-state index contributed by atoms with van der Waals surface area (Å²) >= 11 is 1.75. The minimum atomic E-state index is 0.470. The van der Waals surface area contributed by atoms with Crippen LogP contribution in [0, 0.1) is 6.92 Å². The van der Waals surface area contributed by atoms with E-state index in [1.54, 1.807) is 11.3 Å². The van der Waals surface area contributed by atoms with E-state index in [0.717, 1.165) is 6.54 Å². The Morgan fingerprint density at radius 2 is 2.09 bits per heavy atom. The summed E-state index contributed by atoms with van der Waals surface area (Å²) in [4.78, 5) is 12.2. The zero-order valence-electron chi connectivity index (χ0n) is 13.5. The van der Waals surface area contributed by atoms with Crippen molar-refractivity contribution in [2.24, 2.45) is 7.05 Å². The Balaban J connectivity index is 1.59. The van der Waals surface area contributed by atoms with Crippen molar-refractivity contribution in [3.05, 3.63) is 33.3 Å². The Morgan fingerprint density at radius 3 is 2.86 bits per heavy atom. The highest BCUT2D eigenvalue weighted by atomic mass is 32.1. The van der Waals surface area contributed by atoms with Crippen molar-refractivity contribution in [1.82, 2.24) is 19.4 Å². The van der Waals surface area contributed by atoms with Crippen molar-refractivity contribution in [3.63, 3.8) is 0 Å². The maximum Gasteiger partial charge on any atom is 0.126 e. The number of hydrogen-bond acceptors (Lipinski definition) is 4. The van der Waals surface area contributed by atoms with Crippen LogP contribution < -0.4 is 0 Å². The molecule has 1 atom stereocenters. The van der Waals surface area contributed by atoms with Gasteiger partial charge in [-0.25, -0.2) is 9.97 Å². The summed E-state index contributed by atoms with van der Waals surface area (Å²) in [5.74, 6) is 1.29. The van der Waals surface area contributed by atoms with Gasteiger partial charge in [-0.05, 0) is 52.0 Å². The topological polar surface area (TPSA) is 34.0 Å². The number of fused-ring (bicyclic) bond motifs is 1. The van der Waals surface area contributed by atoms with Gasteiger partial charge in [0.15, 0.2) is 0 Å². The molecule has 1 aliphatic carbocycles. The first-order valence-corrected chi connectivity index (χ1v) is 9.30. The van der Waals surface area contributed by atoms with E-state index >= 15 is 0 Å². The standard InChI is InChI=1S/C17H24N4S/c1-12-18-13(11-22-12)10-21-9-5-8-16(21)17-19-14-6-3-4-7-15(14)20(17)2/h11,16H,3-10H2,1-2H3/t16-/m1/s1. The number of thiazole rings is 1. The molecule has 0 bridgehead atoms. The van der Waals surface area contributed by atoms with Gasteiger partial charge in [-0.2, -0.15) is 0 Å². The first kappa shape index (κ1) is 14.4. The summed E-state index contributed by atoms with van der Waals surface area (Å²) < 4.78 is 2.39. The number of aryl methyl sites for hydroxylation is 2. The molecular weight excluding hydrogens is 292 g/mol. The molecule has 1 saturated heterocycles. The van der Waals surface area contributed by atoms with E-state index in [-0.39, 0.29) is 0 Å².